The lowest BCUT2D eigenvalue weighted by Crippen LogP contribution is -2.24. The molecule has 0 saturated carbocycles. The number of benzene rings is 2. The van der Waals surface area contributed by atoms with Crippen molar-refractivity contribution in [1.82, 2.24) is 9.97 Å². The molecule has 8 nitrogen and oxygen atoms in total. The highest BCUT2D eigenvalue weighted by Gasteiger charge is 2.37. The molecule has 0 fully saturated rings. The Morgan fingerprint density at radius 1 is 1.03 bits per heavy atom. The van der Waals surface area contributed by atoms with Crippen LogP contribution in [0.3, 0.4) is 0 Å². The predicted octanol–water partition coefficient (Wildman–Crippen LogP) is 3.49. The molecule has 2 aromatic heterocycles. The van der Waals surface area contributed by atoms with Gasteiger partial charge in [-0.1, -0.05) is 12.1 Å². The molecule has 2 aromatic carbocycles. The average Bonchev–Trinajstić information content (AvgIpc) is 2.77. The topological polar surface area (TPSA) is 104 Å². The van der Waals surface area contributed by atoms with Crippen LogP contribution in [0.15, 0.2) is 56.7 Å². The van der Waals surface area contributed by atoms with E-state index in [1.165, 1.54) is 19.5 Å². The van der Waals surface area contributed by atoms with Gasteiger partial charge in [-0.05, 0) is 30.2 Å². The fourth-order valence-electron chi connectivity index (χ4n) is 4.14. The number of aromatic nitrogens is 2. The fourth-order valence-corrected chi connectivity index (χ4v) is 4.14. The number of fused-ring (bicyclic) bond motifs is 4. The van der Waals surface area contributed by atoms with Crippen LogP contribution in [0.25, 0.3) is 11.0 Å². The Morgan fingerprint density at radius 3 is 2.52 bits per heavy atom. The molecule has 0 radical (unpaired) electrons. The van der Waals surface area contributed by atoms with E-state index in [4.69, 9.17) is 18.6 Å². The van der Waals surface area contributed by atoms with Crippen molar-refractivity contribution in [3.63, 3.8) is 0 Å². The molecule has 0 saturated heterocycles. The van der Waals surface area contributed by atoms with Gasteiger partial charge in [-0.2, -0.15) is 0 Å². The van der Waals surface area contributed by atoms with Gasteiger partial charge < -0.3 is 23.6 Å². The van der Waals surface area contributed by atoms with Gasteiger partial charge in [-0.3, -0.25) is 4.79 Å². The molecule has 8 heteroatoms. The summed E-state index contributed by atoms with van der Waals surface area (Å²) in [5, 5.41) is 0.685. The Morgan fingerprint density at radius 2 is 1.81 bits per heavy atom. The molecule has 0 aliphatic carbocycles. The van der Waals surface area contributed by atoms with Crippen LogP contribution in [0.4, 0.5) is 0 Å². The van der Waals surface area contributed by atoms with E-state index in [9.17, 15) is 9.59 Å². The van der Waals surface area contributed by atoms with Gasteiger partial charge in [0, 0.05) is 29.0 Å². The molecular weight excluding hydrogens is 400 g/mol. The number of hydrogen-bond donors (Lipinski definition) is 1. The van der Waals surface area contributed by atoms with E-state index in [2.05, 4.69) is 9.97 Å². The number of H-pyrrole nitrogens is 1. The summed E-state index contributed by atoms with van der Waals surface area (Å²) in [4.78, 5) is 31.8. The Bertz CT molecular complexity index is 1440. The summed E-state index contributed by atoms with van der Waals surface area (Å²) in [6, 6.07) is 10.5. The first-order chi connectivity index (χ1) is 15.0. The summed E-state index contributed by atoms with van der Waals surface area (Å²) < 4.78 is 22.4. The van der Waals surface area contributed by atoms with Crippen LogP contribution in [0.1, 0.15) is 28.2 Å². The minimum atomic E-state index is -0.536. The molecule has 1 unspecified atom stereocenters. The van der Waals surface area contributed by atoms with Gasteiger partial charge in [-0.15, -0.1) is 0 Å². The number of aromatic amines is 1. The molecular formula is C23H18N2O6. The minimum absolute atomic E-state index is 0.199. The SMILES string of the molecule is COc1ccc(C2c3c(nc[nH]c3=O)Oc3c(OC)cc4oc(=O)cc(C)c4c32)cc1. The quantitative estimate of drug-likeness (QED) is 0.447. The van der Waals surface area contributed by atoms with E-state index in [1.807, 2.05) is 31.2 Å². The van der Waals surface area contributed by atoms with Crippen molar-refractivity contribution in [3.05, 3.63) is 85.8 Å². The zero-order valence-corrected chi connectivity index (χ0v) is 17.0. The Hall–Kier alpha value is -4.07. The van der Waals surface area contributed by atoms with Gasteiger partial charge in [-0.25, -0.2) is 9.78 Å². The fraction of sp³-hybridized carbons (Fsp3) is 0.174. The molecule has 0 spiro atoms. The minimum Gasteiger partial charge on any atom is -0.497 e. The molecule has 3 heterocycles. The first kappa shape index (κ1) is 18.9. The average molecular weight is 418 g/mol. The van der Waals surface area contributed by atoms with Crippen molar-refractivity contribution in [3.8, 4) is 23.1 Å². The van der Waals surface area contributed by atoms with Gasteiger partial charge in [0.1, 0.15) is 11.3 Å². The van der Waals surface area contributed by atoms with Crippen molar-refractivity contribution >= 4 is 11.0 Å². The lowest BCUT2D eigenvalue weighted by atomic mass is 9.81. The van der Waals surface area contributed by atoms with Crippen LogP contribution in [-0.4, -0.2) is 24.2 Å². The maximum absolute atomic E-state index is 12.9. The number of ether oxygens (including phenoxy) is 3. The monoisotopic (exact) mass is 418 g/mol. The van der Waals surface area contributed by atoms with Crippen molar-refractivity contribution in [2.45, 2.75) is 12.8 Å². The third-order valence-electron chi connectivity index (χ3n) is 5.48. The molecule has 31 heavy (non-hydrogen) atoms. The Balaban J connectivity index is 1.93. The number of methoxy groups -OCH3 is 2. The van der Waals surface area contributed by atoms with Crippen LogP contribution < -0.4 is 25.4 Å². The van der Waals surface area contributed by atoms with Crippen LogP contribution >= 0.6 is 0 Å². The van der Waals surface area contributed by atoms with E-state index in [1.54, 1.807) is 13.2 Å². The highest BCUT2D eigenvalue weighted by atomic mass is 16.5. The van der Waals surface area contributed by atoms with E-state index >= 15 is 0 Å². The molecule has 0 amide bonds. The molecule has 5 rings (SSSR count). The smallest absolute Gasteiger partial charge is 0.336 e. The third kappa shape index (κ3) is 2.87. The van der Waals surface area contributed by atoms with Crippen LogP contribution in [-0.2, 0) is 0 Å². The van der Waals surface area contributed by atoms with Crippen LogP contribution in [0, 0.1) is 6.92 Å². The summed E-state index contributed by atoms with van der Waals surface area (Å²) in [5.41, 5.74) is 2.13. The maximum atomic E-state index is 12.9. The molecule has 1 aliphatic heterocycles. The van der Waals surface area contributed by atoms with Crippen LogP contribution in [0.5, 0.6) is 23.1 Å². The molecule has 4 aromatic rings. The number of rotatable bonds is 3. The standard InChI is InChI=1S/C23H18N2O6/c1-11-8-16(26)30-14-9-15(29-3)21-19(17(11)14)18(12-4-6-13(28-2)7-5-12)20-22(27)24-10-25-23(20)31-21/h4-10,18H,1-3H3,(H,24,25,27). The lowest BCUT2D eigenvalue weighted by molar-refractivity contribution is 0.362. The highest BCUT2D eigenvalue weighted by Crippen LogP contribution is 2.52. The van der Waals surface area contributed by atoms with E-state index < -0.39 is 11.5 Å². The van der Waals surface area contributed by atoms with Gasteiger partial charge in [0.05, 0.1) is 26.1 Å². The maximum Gasteiger partial charge on any atom is 0.336 e. The summed E-state index contributed by atoms with van der Waals surface area (Å²) in [5.74, 6) is 1.16. The van der Waals surface area contributed by atoms with Crippen LogP contribution in [0.2, 0.25) is 0 Å². The van der Waals surface area contributed by atoms with Crippen molar-refractivity contribution < 1.29 is 18.6 Å². The summed E-state index contributed by atoms with van der Waals surface area (Å²) in [6.07, 6.45) is 1.30. The number of nitrogens with zero attached hydrogens (tertiary/aromatic N) is 1. The highest BCUT2D eigenvalue weighted by molar-refractivity contribution is 5.91. The second-order valence-electron chi connectivity index (χ2n) is 7.20. The van der Waals surface area contributed by atoms with E-state index in [-0.39, 0.29) is 11.4 Å². The van der Waals surface area contributed by atoms with Crippen molar-refractivity contribution in [1.29, 1.82) is 0 Å². The van der Waals surface area contributed by atoms with Gasteiger partial charge >= 0.3 is 5.63 Å². The number of aryl methyl sites for hydroxylation is 1. The zero-order valence-electron chi connectivity index (χ0n) is 17.0. The van der Waals surface area contributed by atoms with E-state index in [0.717, 1.165) is 5.56 Å². The summed E-state index contributed by atoms with van der Waals surface area (Å²) in [6.45, 7) is 1.82. The molecule has 1 atom stereocenters. The molecule has 1 aliphatic rings. The predicted molar refractivity (Wildman–Crippen MR) is 113 cm³/mol. The third-order valence-corrected chi connectivity index (χ3v) is 5.48. The second kappa shape index (κ2) is 7.02. The first-order valence-electron chi connectivity index (χ1n) is 9.56. The van der Waals surface area contributed by atoms with Crippen molar-refractivity contribution in [2.24, 2.45) is 0 Å². The summed E-state index contributed by atoms with van der Waals surface area (Å²) >= 11 is 0. The zero-order chi connectivity index (χ0) is 21.7. The number of hydrogen-bond acceptors (Lipinski definition) is 7. The normalized spacial score (nSPS) is 14.5. The Kier molecular flexibility index (Phi) is 4.28. The second-order valence-corrected chi connectivity index (χ2v) is 7.20. The summed E-state index contributed by atoms with van der Waals surface area (Å²) in [7, 11) is 3.09. The van der Waals surface area contributed by atoms with E-state index in [0.29, 0.717) is 44.9 Å². The largest absolute Gasteiger partial charge is 0.497 e. The van der Waals surface area contributed by atoms with Crippen molar-refractivity contribution in [2.75, 3.05) is 14.2 Å². The molecule has 0 bridgehead atoms. The lowest BCUT2D eigenvalue weighted by Gasteiger charge is -2.29. The molecule has 1 N–H and O–H groups in total. The first-order valence-corrected chi connectivity index (χ1v) is 9.56. The van der Waals surface area contributed by atoms with Gasteiger partial charge in [0.2, 0.25) is 5.88 Å². The van der Waals surface area contributed by atoms with Gasteiger partial charge in [0.15, 0.2) is 11.5 Å². The Labute approximate surface area is 176 Å². The molecule has 156 valence electrons. The van der Waals surface area contributed by atoms with Gasteiger partial charge in [0.25, 0.3) is 5.56 Å². The number of nitrogens with one attached hydrogen (secondary N) is 1.